The van der Waals surface area contributed by atoms with Crippen LogP contribution in [0, 0.1) is 9.39 Å². The van der Waals surface area contributed by atoms with Crippen LogP contribution in [0.3, 0.4) is 0 Å². The summed E-state index contributed by atoms with van der Waals surface area (Å²) >= 11 is 1.56. The molecule has 2 rings (SSSR count). The number of carbonyl (C=O) groups is 1. The Hall–Kier alpha value is -1.84. The number of carboxylic acid groups (broad SMARTS) is 1. The van der Waals surface area contributed by atoms with Crippen LogP contribution in [0.4, 0.5) is 23.2 Å². The fourth-order valence-electron chi connectivity index (χ4n) is 1.96. The predicted molar refractivity (Wildman–Crippen MR) is 80.9 cm³/mol. The van der Waals surface area contributed by atoms with Gasteiger partial charge in [-0.25, -0.2) is 9.18 Å². The van der Waals surface area contributed by atoms with Gasteiger partial charge in [0, 0.05) is 9.13 Å². The highest BCUT2D eigenvalue weighted by atomic mass is 127. The zero-order chi connectivity index (χ0) is 16.7. The van der Waals surface area contributed by atoms with E-state index in [-0.39, 0.29) is 20.4 Å². The molecular weight excluding hydrogens is 417 g/mol. The molecule has 0 bridgehead atoms. The molecular formula is C14H8F4INO2. The van der Waals surface area contributed by atoms with E-state index < -0.39 is 29.1 Å². The molecule has 0 radical (unpaired) electrons. The Morgan fingerprint density at radius 2 is 1.73 bits per heavy atom. The first kappa shape index (κ1) is 16.5. The number of anilines is 1. The minimum Gasteiger partial charge on any atom is -0.478 e. The highest BCUT2D eigenvalue weighted by molar-refractivity contribution is 14.1. The molecule has 8 heteroatoms. The van der Waals surface area contributed by atoms with E-state index in [4.69, 9.17) is 10.8 Å². The second kappa shape index (κ2) is 5.75. The summed E-state index contributed by atoms with van der Waals surface area (Å²) < 4.78 is 52.7. The number of nitrogen functional groups attached to an aromatic ring is 1. The SMILES string of the molecule is Nc1c(C(=O)O)cc(C(F)(F)F)c(-c2ccc(F)cc2)c1I. The van der Waals surface area contributed by atoms with E-state index in [0.29, 0.717) is 6.07 Å². The molecule has 0 saturated carbocycles. The van der Waals surface area contributed by atoms with Crippen molar-refractivity contribution < 1.29 is 27.5 Å². The predicted octanol–water partition coefficient (Wildman–Crippen LogP) is 4.40. The molecule has 0 aliphatic rings. The molecule has 0 aliphatic heterocycles. The van der Waals surface area contributed by atoms with E-state index in [0.717, 1.165) is 12.1 Å². The third-order valence-electron chi connectivity index (χ3n) is 2.97. The summed E-state index contributed by atoms with van der Waals surface area (Å²) in [5.41, 5.74) is 3.45. The van der Waals surface area contributed by atoms with E-state index >= 15 is 0 Å². The van der Waals surface area contributed by atoms with Crippen molar-refractivity contribution in [1.82, 2.24) is 0 Å². The summed E-state index contributed by atoms with van der Waals surface area (Å²) in [6, 6.07) is 4.90. The van der Waals surface area contributed by atoms with E-state index in [1.54, 1.807) is 22.6 Å². The highest BCUT2D eigenvalue weighted by Crippen LogP contribution is 2.42. The molecule has 0 spiro atoms. The lowest BCUT2D eigenvalue weighted by Gasteiger charge is -2.18. The lowest BCUT2D eigenvalue weighted by atomic mass is 9.95. The molecule has 116 valence electrons. The number of aromatic carboxylic acids is 1. The monoisotopic (exact) mass is 425 g/mol. The molecule has 0 fully saturated rings. The second-order valence-corrected chi connectivity index (χ2v) is 5.46. The minimum absolute atomic E-state index is 0.0450. The van der Waals surface area contributed by atoms with Crippen molar-refractivity contribution in [2.45, 2.75) is 6.18 Å². The Kier molecular flexibility index (Phi) is 4.32. The van der Waals surface area contributed by atoms with Crippen LogP contribution in [-0.4, -0.2) is 11.1 Å². The molecule has 2 aromatic rings. The van der Waals surface area contributed by atoms with Gasteiger partial charge in [-0.1, -0.05) is 12.1 Å². The summed E-state index contributed by atoms with van der Waals surface area (Å²) in [6.07, 6.45) is -4.78. The van der Waals surface area contributed by atoms with Gasteiger partial charge in [-0.3, -0.25) is 0 Å². The van der Waals surface area contributed by atoms with Crippen LogP contribution in [0.2, 0.25) is 0 Å². The smallest absolute Gasteiger partial charge is 0.417 e. The Morgan fingerprint density at radius 3 is 2.18 bits per heavy atom. The van der Waals surface area contributed by atoms with Gasteiger partial charge in [0.2, 0.25) is 0 Å². The van der Waals surface area contributed by atoms with Gasteiger partial charge in [-0.05, 0) is 46.4 Å². The molecule has 22 heavy (non-hydrogen) atoms. The van der Waals surface area contributed by atoms with Gasteiger partial charge in [0.15, 0.2) is 0 Å². The number of benzene rings is 2. The van der Waals surface area contributed by atoms with Crippen LogP contribution >= 0.6 is 22.6 Å². The van der Waals surface area contributed by atoms with Crippen molar-refractivity contribution >= 4 is 34.2 Å². The Bertz CT molecular complexity index is 742. The average molecular weight is 425 g/mol. The van der Waals surface area contributed by atoms with Crippen molar-refractivity contribution in [2.24, 2.45) is 0 Å². The van der Waals surface area contributed by atoms with Gasteiger partial charge in [0.05, 0.1) is 16.8 Å². The van der Waals surface area contributed by atoms with Gasteiger partial charge in [0.1, 0.15) is 5.82 Å². The number of rotatable bonds is 2. The summed E-state index contributed by atoms with van der Waals surface area (Å²) in [6.45, 7) is 0. The zero-order valence-corrected chi connectivity index (χ0v) is 12.9. The van der Waals surface area contributed by atoms with Crippen LogP contribution in [0.15, 0.2) is 30.3 Å². The molecule has 3 N–H and O–H groups in total. The topological polar surface area (TPSA) is 63.3 Å². The largest absolute Gasteiger partial charge is 0.478 e. The van der Waals surface area contributed by atoms with Crippen molar-refractivity contribution in [3.63, 3.8) is 0 Å². The normalized spacial score (nSPS) is 11.5. The van der Waals surface area contributed by atoms with Gasteiger partial charge < -0.3 is 10.8 Å². The van der Waals surface area contributed by atoms with Crippen LogP contribution in [0.5, 0.6) is 0 Å². The molecule has 0 saturated heterocycles. The van der Waals surface area contributed by atoms with Crippen LogP contribution in [-0.2, 0) is 6.18 Å². The average Bonchev–Trinajstić information content (AvgIpc) is 2.41. The van der Waals surface area contributed by atoms with Gasteiger partial charge >= 0.3 is 12.1 Å². The lowest BCUT2D eigenvalue weighted by molar-refractivity contribution is -0.137. The van der Waals surface area contributed by atoms with E-state index in [9.17, 15) is 22.4 Å². The second-order valence-electron chi connectivity index (χ2n) is 4.38. The number of hydrogen-bond acceptors (Lipinski definition) is 2. The summed E-state index contributed by atoms with van der Waals surface area (Å²) in [4.78, 5) is 11.0. The summed E-state index contributed by atoms with van der Waals surface area (Å²) in [5, 5.41) is 8.98. The van der Waals surface area contributed by atoms with Crippen molar-refractivity contribution in [1.29, 1.82) is 0 Å². The molecule has 2 aromatic carbocycles. The maximum Gasteiger partial charge on any atom is 0.417 e. The number of nitrogens with two attached hydrogens (primary N) is 1. The maximum absolute atomic E-state index is 13.3. The van der Waals surface area contributed by atoms with Crippen LogP contribution in [0.1, 0.15) is 15.9 Å². The fraction of sp³-hybridized carbons (Fsp3) is 0.0714. The zero-order valence-electron chi connectivity index (χ0n) is 10.7. The van der Waals surface area contributed by atoms with Gasteiger partial charge in [0.25, 0.3) is 0 Å². The standard InChI is InChI=1S/C14H8F4INO2/c15-7-3-1-6(2-4-7)10-9(14(16,17)18)5-8(13(21)22)12(20)11(10)19/h1-5H,20H2,(H,21,22). The quantitative estimate of drug-likeness (QED) is 0.426. The summed E-state index contributed by atoms with van der Waals surface area (Å²) in [7, 11) is 0. The minimum atomic E-state index is -4.78. The first-order chi connectivity index (χ1) is 10.1. The number of hydrogen-bond donors (Lipinski definition) is 2. The van der Waals surface area contributed by atoms with Gasteiger partial charge in [-0.2, -0.15) is 13.2 Å². The number of alkyl halides is 3. The number of halogens is 5. The number of carboxylic acids is 1. The summed E-state index contributed by atoms with van der Waals surface area (Å²) in [5.74, 6) is -2.14. The molecule has 0 aliphatic carbocycles. The molecule has 0 unspecified atom stereocenters. The first-order valence-electron chi connectivity index (χ1n) is 5.81. The highest BCUT2D eigenvalue weighted by Gasteiger charge is 2.37. The Morgan fingerprint density at radius 1 is 1.18 bits per heavy atom. The van der Waals surface area contributed by atoms with Crippen molar-refractivity contribution in [3.05, 3.63) is 50.8 Å². The maximum atomic E-state index is 13.3. The molecule has 3 nitrogen and oxygen atoms in total. The van der Waals surface area contributed by atoms with E-state index in [1.165, 1.54) is 12.1 Å². The van der Waals surface area contributed by atoms with Crippen molar-refractivity contribution in [3.8, 4) is 11.1 Å². The van der Waals surface area contributed by atoms with E-state index in [1.807, 2.05) is 0 Å². The van der Waals surface area contributed by atoms with E-state index in [2.05, 4.69) is 0 Å². The lowest BCUT2D eigenvalue weighted by Crippen LogP contribution is -2.14. The molecule has 0 atom stereocenters. The molecule has 0 heterocycles. The third kappa shape index (κ3) is 3.01. The molecule has 0 amide bonds. The third-order valence-corrected chi connectivity index (χ3v) is 4.09. The van der Waals surface area contributed by atoms with Gasteiger partial charge in [-0.15, -0.1) is 0 Å². The Balaban J connectivity index is 2.85. The fourth-order valence-corrected chi connectivity index (χ4v) is 2.86. The van der Waals surface area contributed by atoms with Crippen LogP contribution < -0.4 is 5.73 Å². The Labute approximate surface area is 135 Å². The molecule has 0 aromatic heterocycles. The van der Waals surface area contributed by atoms with Crippen molar-refractivity contribution in [2.75, 3.05) is 5.73 Å². The first-order valence-corrected chi connectivity index (χ1v) is 6.89. The van der Waals surface area contributed by atoms with Crippen LogP contribution in [0.25, 0.3) is 11.1 Å².